The third-order valence-corrected chi connectivity index (χ3v) is 4.70. The Labute approximate surface area is 175 Å². The van der Waals surface area contributed by atoms with Crippen LogP contribution in [0.2, 0.25) is 0 Å². The fraction of sp³-hybridized carbons (Fsp3) is 0.476. The fourth-order valence-corrected chi connectivity index (χ4v) is 2.98. The predicted octanol–water partition coefficient (Wildman–Crippen LogP) is 2.27. The molecule has 160 valence electrons. The summed E-state index contributed by atoms with van der Waals surface area (Å²) in [4.78, 5) is 27.8. The van der Waals surface area contributed by atoms with Gasteiger partial charge in [0, 0.05) is 32.0 Å². The molecule has 0 aliphatic carbocycles. The average Bonchev–Trinajstić information content (AvgIpc) is 3.18. The second kappa shape index (κ2) is 9.06. The van der Waals surface area contributed by atoms with Crippen LogP contribution in [0.4, 0.5) is 5.82 Å². The number of fused-ring (bicyclic) bond motifs is 3. The zero-order valence-corrected chi connectivity index (χ0v) is 18.0. The normalized spacial score (nSPS) is 11.6. The smallest absolute Gasteiger partial charge is 0.225 e. The molecule has 0 bridgehead atoms. The van der Waals surface area contributed by atoms with Gasteiger partial charge < -0.3 is 16.0 Å². The second-order valence-electron chi connectivity index (χ2n) is 8.36. The fourth-order valence-electron chi connectivity index (χ4n) is 2.98. The molecule has 3 aromatic rings. The van der Waals surface area contributed by atoms with Crippen molar-refractivity contribution in [3.05, 3.63) is 30.1 Å². The second-order valence-corrected chi connectivity index (χ2v) is 8.36. The SMILES string of the molecule is CC(=O)NCc1ccc2c(c1)nc(NCCCCNC(=O)C(C)(C)C)c1nncn12. The minimum absolute atomic E-state index is 0.0619. The molecule has 1 aromatic carbocycles. The summed E-state index contributed by atoms with van der Waals surface area (Å²) >= 11 is 0. The van der Waals surface area contributed by atoms with Crippen molar-refractivity contribution in [2.24, 2.45) is 5.41 Å². The zero-order chi connectivity index (χ0) is 21.7. The summed E-state index contributed by atoms with van der Waals surface area (Å²) in [6, 6.07) is 5.87. The van der Waals surface area contributed by atoms with Crippen LogP contribution in [0.25, 0.3) is 16.7 Å². The van der Waals surface area contributed by atoms with Crippen molar-refractivity contribution in [3.8, 4) is 0 Å². The van der Waals surface area contributed by atoms with Crippen LogP contribution >= 0.6 is 0 Å². The first-order chi connectivity index (χ1) is 14.3. The number of rotatable bonds is 8. The maximum Gasteiger partial charge on any atom is 0.225 e. The number of hydrogen-bond acceptors (Lipinski definition) is 6. The average molecular weight is 412 g/mol. The van der Waals surface area contributed by atoms with Crippen molar-refractivity contribution >= 4 is 34.3 Å². The standard InChI is InChI=1S/C21H29N7O2/c1-14(29)24-12-15-7-8-17-16(11-15)26-18(19-27-25-13-28(17)19)22-9-5-6-10-23-20(30)21(2,3)4/h7-8,11,13H,5-6,9-10,12H2,1-4H3,(H,22,26)(H,23,30)(H,24,29). The van der Waals surface area contributed by atoms with Gasteiger partial charge in [0.05, 0.1) is 11.0 Å². The lowest BCUT2D eigenvalue weighted by Crippen LogP contribution is -2.35. The number of carbonyl (C=O) groups excluding carboxylic acids is 2. The van der Waals surface area contributed by atoms with Crippen molar-refractivity contribution in [2.45, 2.75) is 47.1 Å². The maximum absolute atomic E-state index is 11.9. The topological polar surface area (TPSA) is 113 Å². The van der Waals surface area contributed by atoms with Crippen LogP contribution in [-0.4, -0.2) is 44.5 Å². The molecule has 0 aliphatic rings. The van der Waals surface area contributed by atoms with Crippen LogP contribution in [0.3, 0.4) is 0 Å². The van der Waals surface area contributed by atoms with Crippen LogP contribution in [0, 0.1) is 5.41 Å². The molecule has 2 heterocycles. The van der Waals surface area contributed by atoms with Crippen molar-refractivity contribution in [1.82, 2.24) is 30.2 Å². The minimum Gasteiger partial charge on any atom is -0.367 e. The lowest BCUT2D eigenvalue weighted by atomic mass is 9.96. The Hall–Kier alpha value is -3.23. The van der Waals surface area contributed by atoms with Gasteiger partial charge in [-0.3, -0.25) is 14.0 Å². The lowest BCUT2D eigenvalue weighted by Gasteiger charge is -2.17. The molecule has 3 rings (SSSR count). The van der Waals surface area contributed by atoms with Crippen LogP contribution < -0.4 is 16.0 Å². The van der Waals surface area contributed by atoms with Gasteiger partial charge in [0.2, 0.25) is 17.5 Å². The van der Waals surface area contributed by atoms with Gasteiger partial charge in [0.15, 0.2) is 5.82 Å². The number of unbranched alkanes of at least 4 members (excludes halogenated alkanes) is 1. The molecular weight excluding hydrogens is 382 g/mol. The van der Waals surface area contributed by atoms with E-state index in [1.54, 1.807) is 6.33 Å². The summed E-state index contributed by atoms with van der Waals surface area (Å²) in [5.41, 5.74) is 2.96. The van der Waals surface area contributed by atoms with Gasteiger partial charge in [-0.15, -0.1) is 10.2 Å². The van der Waals surface area contributed by atoms with Crippen molar-refractivity contribution < 1.29 is 9.59 Å². The molecule has 0 spiro atoms. The van der Waals surface area contributed by atoms with Gasteiger partial charge in [0.1, 0.15) is 6.33 Å². The monoisotopic (exact) mass is 411 g/mol. The Morgan fingerprint density at radius 1 is 1.10 bits per heavy atom. The molecule has 2 aromatic heterocycles. The number of anilines is 1. The summed E-state index contributed by atoms with van der Waals surface area (Å²) in [7, 11) is 0. The highest BCUT2D eigenvalue weighted by Crippen LogP contribution is 2.21. The molecule has 0 radical (unpaired) electrons. The number of nitrogens with one attached hydrogen (secondary N) is 3. The van der Waals surface area contributed by atoms with Crippen LogP contribution in [0.15, 0.2) is 24.5 Å². The number of aromatic nitrogens is 4. The zero-order valence-electron chi connectivity index (χ0n) is 18.0. The van der Waals surface area contributed by atoms with Crippen LogP contribution in [0.1, 0.15) is 46.1 Å². The van der Waals surface area contributed by atoms with E-state index in [1.165, 1.54) is 6.92 Å². The quantitative estimate of drug-likeness (QED) is 0.490. The lowest BCUT2D eigenvalue weighted by molar-refractivity contribution is -0.128. The highest BCUT2D eigenvalue weighted by molar-refractivity contribution is 5.83. The third-order valence-electron chi connectivity index (χ3n) is 4.70. The molecule has 9 heteroatoms. The molecule has 0 aliphatic heterocycles. The van der Waals surface area contributed by atoms with Crippen molar-refractivity contribution in [3.63, 3.8) is 0 Å². The summed E-state index contributed by atoms with van der Waals surface area (Å²) in [5.74, 6) is 0.653. The first kappa shape index (κ1) is 21.5. The van der Waals surface area contributed by atoms with Crippen LogP contribution in [-0.2, 0) is 16.1 Å². The Balaban J connectivity index is 1.65. The van der Waals surface area contributed by atoms with Gasteiger partial charge in [-0.2, -0.15) is 0 Å². The van der Waals surface area contributed by atoms with E-state index in [9.17, 15) is 9.59 Å². The van der Waals surface area contributed by atoms with Crippen molar-refractivity contribution in [2.75, 3.05) is 18.4 Å². The molecule has 0 unspecified atom stereocenters. The Bertz CT molecular complexity index is 1050. The van der Waals surface area contributed by atoms with Crippen molar-refractivity contribution in [1.29, 1.82) is 0 Å². The maximum atomic E-state index is 11.9. The first-order valence-electron chi connectivity index (χ1n) is 10.1. The van der Waals surface area contributed by atoms with E-state index >= 15 is 0 Å². The van der Waals surface area contributed by atoms with Gasteiger partial charge in [-0.1, -0.05) is 26.8 Å². The first-order valence-corrected chi connectivity index (χ1v) is 10.1. The molecule has 0 fully saturated rings. The van der Waals surface area contributed by atoms with Gasteiger partial charge in [-0.05, 0) is 30.5 Å². The largest absolute Gasteiger partial charge is 0.367 e. The van der Waals surface area contributed by atoms with E-state index in [4.69, 9.17) is 4.98 Å². The number of hydrogen-bond donors (Lipinski definition) is 3. The molecule has 2 amide bonds. The summed E-state index contributed by atoms with van der Waals surface area (Å²) in [5, 5.41) is 17.3. The number of benzene rings is 1. The van der Waals surface area contributed by atoms with E-state index in [0.717, 1.165) is 29.4 Å². The molecule has 30 heavy (non-hydrogen) atoms. The molecule has 3 N–H and O–H groups in total. The molecular formula is C21H29N7O2. The van der Waals surface area contributed by atoms with Crippen LogP contribution in [0.5, 0.6) is 0 Å². The van der Waals surface area contributed by atoms with E-state index in [-0.39, 0.29) is 17.2 Å². The van der Waals surface area contributed by atoms with E-state index < -0.39 is 0 Å². The van der Waals surface area contributed by atoms with E-state index in [0.29, 0.717) is 31.1 Å². The third kappa shape index (κ3) is 5.22. The van der Waals surface area contributed by atoms with E-state index in [2.05, 4.69) is 26.1 Å². The molecule has 9 nitrogen and oxygen atoms in total. The van der Waals surface area contributed by atoms with Gasteiger partial charge in [-0.25, -0.2) is 4.98 Å². The summed E-state index contributed by atoms with van der Waals surface area (Å²) < 4.78 is 1.90. The Kier molecular flexibility index (Phi) is 6.49. The summed E-state index contributed by atoms with van der Waals surface area (Å²) in [6.07, 6.45) is 3.42. The highest BCUT2D eigenvalue weighted by Gasteiger charge is 2.20. The molecule has 0 saturated heterocycles. The molecule has 0 atom stereocenters. The number of amides is 2. The van der Waals surface area contributed by atoms with Gasteiger partial charge in [0.25, 0.3) is 0 Å². The summed E-state index contributed by atoms with van der Waals surface area (Å²) in [6.45, 7) is 9.02. The minimum atomic E-state index is -0.370. The van der Waals surface area contributed by atoms with Gasteiger partial charge >= 0.3 is 0 Å². The highest BCUT2D eigenvalue weighted by atomic mass is 16.2. The Morgan fingerprint density at radius 3 is 2.60 bits per heavy atom. The number of carbonyl (C=O) groups is 2. The predicted molar refractivity (Wildman–Crippen MR) is 116 cm³/mol. The molecule has 0 saturated carbocycles. The Morgan fingerprint density at radius 2 is 1.87 bits per heavy atom. The number of nitrogens with zero attached hydrogens (tertiary/aromatic N) is 4. The van der Waals surface area contributed by atoms with E-state index in [1.807, 2.05) is 43.4 Å².